The molecule has 0 bridgehead atoms. The van der Waals surface area contributed by atoms with Gasteiger partial charge in [-0.3, -0.25) is 0 Å². The van der Waals surface area contributed by atoms with Crippen LogP contribution in [0.2, 0.25) is 0 Å². The predicted octanol–water partition coefficient (Wildman–Crippen LogP) is 1.74. The van der Waals surface area contributed by atoms with E-state index >= 15 is 0 Å². The van der Waals surface area contributed by atoms with Crippen molar-refractivity contribution in [1.82, 2.24) is 5.16 Å². The van der Waals surface area contributed by atoms with E-state index in [1.807, 2.05) is 13.0 Å². The number of furan rings is 1. The van der Waals surface area contributed by atoms with E-state index in [2.05, 4.69) is 5.16 Å². The first-order valence-corrected chi connectivity index (χ1v) is 4.50. The SMILES string of the molecule is Cc1conc1-c1cc(CCN)co1. The van der Waals surface area contributed by atoms with Crippen LogP contribution in [0.4, 0.5) is 0 Å². The molecule has 0 fully saturated rings. The van der Waals surface area contributed by atoms with Gasteiger partial charge in [-0.15, -0.1) is 0 Å². The molecular weight excluding hydrogens is 180 g/mol. The minimum Gasteiger partial charge on any atom is -0.462 e. The van der Waals surface area contributed by atoms with Crippen molar-refractivity contribution in [3.05, 3.63) is 29.7 Å². The zero-order chi connectivity index (χ0) is 9.97. The summed E-state index contributed by atoms with van der Waals surface area (Å²) in [6.45, 7) is 2.55. The molecule has 0 saturated carbocycles. The molecule has 0 aliphatic heterocycles. The summed E-state index contributed by atoms with van der Waals surface area (Å²) in [6, 6.07) is 1.94. The first-order valence-electron chi connectivity index (χ1n) is 4.50. The van der Waals surface area contributed by atoms with Gasteiger partial charge in [0.25, 0.3) is 0 Å². The number of hydrogen-bond donors (Lipinski definition) is 1. The van der Waals surface area contributed by atoms with Gasteiger partial charge < -0.3 is 14.7 Å². The monoisotopic (exact) mass is 192 g/mol. The first-order chi connectivity index (χ1) is 6.81. The minimum atomic E-state index is 0.622. The summed E-state index contributed by atoms with van der Waals surface area (Å²) in [7, 11) is 0. The Morgan fingerprint density at radius 1 is 1.43 bits per heavy atom. The van der Waals surface area contributed by atoms with Crippen molar-refractivity contribution in [3.8, 4) is 11.5 Å². The Kier molecular flexibility index (Phi) is 2.37. The summed E-state index contributed by atoms with van der Waals surface area (Å²) in [5.41, 5.74) is 8.26. The summed E-state index contributed by atoms with van der Waals surface area (Å²) in [5, 5.41) is 3.86. The van der Waals surface area contributed by atoms with Gasteiger partial charge in [0, 0.05) is 5.56 Å². The van der Waals surface area contributed by atoms with Crippen LogP contribution in [0, 0.1) is 6.92 Å². The molecule has 0 radical (unpaired) electrons. The molecule has 74 valence electrons. The van der Waals surface area contributed by atoms with E-state index in [9.17, 15) is 0 Å². The van der Waals surface area contributed by atoms with E-state index in [4.69, 9.17) is 14.7 Å². The van der Waals surface area contributed by atoms with Crippen molar-refractivity contribution < 1.29 is 8.94 Å². The Balaban J connectivity index is 2.29. The lowest BCUT2D eigenvalue weighted by atomic mass is 10.2. The van der Waals surface area contributed by atoms with Gasteiger partial charge >= 0.3 is 0 Å². The van der Waals surface area contributed by atoms with Gasteiger partial charge in [0.05, 0.1) is 6.26 Å². The van der Waals surface area contributed by atoms with Crippen molar-refractivity contribution in [3.63, 3.8) is 0 Å². The maximum absolute atomic E-state index is 5.44. The van der Waals surface area contributed by atoms with Crippen LogP contribution in [0.25, 0.3) is 11.5 Å². The Bertz CT molecular complexity index is 417. The molecule has 0 aromatic carbocycles. The molecule has 0 atom stereocenters. The van der Waals surface area contributed by atoms with E-state index in [1.165, 1.54) is 0 Å². The molecule has 0 amide bonds. The third-order valence-corrected chi connectivity index (χ3v) is 2.07. The second-order valence-corrected chi connectivity index (χ2v) is 3.20. The smallest absolute Gasteiger partial charge is 0.156 e. The van der Waals surface area contributed by atoms with Gasteiger partial charge in [0.2, 0.25) is 0 Å². The molecule has 0 aliphatic carbocycles. The van der Waals surface area contributed by atoms with Crippen molar-refractivity contribution in [2.75, 3.05) is 6.54 Å². The molecule has 2 rings (SSSR count). The molecule has 14 heavy (non-hydrogen) atoms. The van der Waals surface area contributed by atoms with Crippen LogP contribution < -0.4 is 5.73 Å². The summed E-state index contributed by atoms with van der Waals surface area (Å²) < 4.78 is 10.2. The second-order valence-electron chi connectivity index (χ2n) is 3.20. The van der Waals surface area contributed by atoms with Crippen LogP contribution in [-0.4, -0.2) is 11.7 Å². The lowest BCUT2D eigenvalue weighted by molar-refractivity contribution is 0.419. The molecule has 0 saturated heterocycles. The average Bonchev–Trinajstić information content (AvgIpc) is 2.74. The maximum Gasteiger partial charge on any atom is 0.156 e. The molecule has 0 unspecified atom stereocenters. The molecule has 2 aromatic rings. The molecule has 4 nitrogen and oxygen atoms in total. The van der Waals surface area contributed by atoms with Crippen LogP contribution in [0.3, 0.4) is 0 Å². The Labute approximate surface area is 81.7 Å². The average molecular weight is 192 g/mol. The maximum atomic E-state index is 5.44. The lowest BCUT2D eigenvalue weighted by Gasteiger charge is -1.88. The van der Waals surface area contributed by atoms with E-state index < -0.39 is 0 Å². The highest BCUT2D eigenvalue weighted by Gasteiger charge is 2.10. The molecule has 2 N–H and O–H groups in total. The summed E-state index contributed by atoms with van der Waals surface area (Å²) in [5.74, 6) is 0.736. The second kappa shape index (κ2) is 3.67. The fraction of sp³-hybridized carbons (Fsp3) is 0.300. The third-order valence-electron chi connectivity index (χ3n) is 2.07. The van der Waals surface area contributed by atoms with E-state index in [-0.39, 0.29) is 0 Å². The fourth-order valence-corrected chi connectivity index (χ4v) is 1.32. The fourth-order valence-electron chi connectivity index (χ4n) is 1.32. The number of aromatic nitrogens is 1. The van der Waals surface area contributed by atoms with Gasteiger partial charge in [-0.05, 0) is 31.5 Å². The first kappa shape index (κ1) is 9.02. The third kappa shape index (κ3) is 1.56. The number of aryl methyl sites for hydroxylation is 1. The van der Waals surface area contributed by atoms with Crippen molar-refractivity contribution in [1.29, 1.82) is 0 Å². The van der Waals surface area contributed by atoms with Gasteiger partial charge in [0.15, 0.2) is 11.5 Å². The number of nitrogens with zero attached hydrogens (tertiary/aromatic N) is 1. The highest BCUT2D eigenvalue weighted by Crippen LogP contribution is 2.23. The van der Waals surface area contributed by atoms with E-state index in [1.54, 1.807) is 12.5 Å². The summed E-state index contributed by atoms with van der Waals surface area (Å²) in [6.07, 6.45) is 4.12. The predicted molar refractivity (Wildman–Crippen MR) is 51.7 cm³/mol. The lowest BCUT2D eigenvalue weighted by Crippen LogP contribution is -2.01. The topological polar surface area (TPSA) is 65.2 Å². The Morgan fingerprint density at radius 2 is 2.29 bits per heavy atom. The Hall–Kier alpha value is -1.55. The quantitative estimate of drug-likeness (QED) is 0.804. The van der Waals surface area contributed by atoms with Crippen LogP contribution in [0.15, 0.2) is 27.5 Å². The zero-order valence-electron chi connectivity index (χ0n) is 7.99. The number of hydrogen-bond acceptors (Lipinski definition) is 4. The van der Waals surface area contributed by atoms with Gasteiger partial charge in [-0.25, -0.2) is 0 Å². The largest absolute Gasteiger partial charge is 0.462 e. The minimum absolute atomic E-state index is 0.622. The molecular formula is C10H12N2O2. The standard InChI is InChI=1S/C10H12N2O2/c1-7-5-14-12-10(7)9-4-8(2-3-11)6-13-9/h4-6H,2-3,11H2,1H3. The molecule has 2 aromatic heterocycles. The Morgan fingerprint density at radius 3 is 2.93 bits per heavy atom. The van der Waals surface area contributed by atoms with Gasteiger partial charge in [-0.1, -0.05) is 5.16 Å². The summed E-state index contributed by atoms with van der Waals surface area (Å²) in [4.78, 5) is 0. The highest BCUT2D eigenvalue weighted by molar-refractivity contribution is 5.56. The number of nitrogens with two attached hydrogens (primary N) is 1. The molecule has 0 spiro atoms. The van der Waals surface area contributed by atoms with Crippen LogP contribution in [0.1, 0.15) is 11.1 Å². The highest BCUT2D eigenvalue weighted by atomic mass is 16.5. The van der Waals surface area contributed by atoms with Crippen LogP contribution in [0.5, 0.6) is 0 Å². The normalized spacial score (nSPS) is 10.7. The van der Waals surface area contributed by atoms with Crippen LogP contribution in [-0.2, 0) is 6.42 Å². The van der Waals surface area contributed by atoms with Crippen molar-refractivity contribution >= 4 is 0 Å². The number of rotatable bonds is 3. The van der Waals surface area contributed by atoms with Gasteiger partial charge in [0.1, 0.15) is 6.26 Å². The zero-order valence-corrected chi connectivity index (χ0v) is 7.99. The van der Waals surface area contributed by atoms with Crippen molar-refractivity contribution in [2.45, 2.75) is 13.3 Å². The summed E-state index contributed by atoms with van der Waals surface area (Å²) >= 11 is 0. The molecule has 4 heteroatoms. The van der Waals surface area contributed by atoms with E-state index in [0.717, 1.165) is 29.0 Å². The van der Waals surface area contributed by atoms with Crippen LogP contribution >= 0.6 is 0 Å². The van der Waals surface area contributed by atoms with Crippen molar-refractivity contribution in [2.24, 2.45) is 5.73 Å². The van der Waals surface area contributed by atoms with Gasteiger partial charge in [-0.2, -0.15) is 0 Å². The van der Waals surface area contributed by atoms with E-state index in [0.29, 0.717) is 6.54 Å². The molecule has 2 heterocycles. The molecule has 0 aliphatic rings.